The van der Waals surface area contributed by atoms with E-state index in [1.165, 1.54) is 22.2 Å². The SMILES string of the molecule is COc1ccc(Nc2ncnc3sc4c(c23)CC[C@@H](C)C4)cc1OC. The van der Waals surface area contributed by atoms with Gasteiger partial charge in [-0.1, -0.05) is 6.92 Å². The van der Waals surface area contributed by atoms with Crippen LogP contribution in [0.4, 0.5) is 11.5 Å². The van der Waals surface area contributed by atoms with Gasteiger partial charge in [0.1, 0.15) is 17.0 Å². The molecule has 1 aromatic carbocycles. The third kappa shape index (κ3) is 2.91. The van der Waals surface area contributed by atoms with E-state index in [-0.39, 0.29) is 0 Å². The number of ether oxygens (including phenoxy) is 2. The Morgan fingerprint density at radius 3 is 2.80 bits per heavy atom. The van der Waals surface area contributed by atoms with Crippen LogP contribution in [-0.4, -0.2) is 24.2 Å². The van der Waals surface area contributed by atoms with Crippen LogP contribution >= 0.6 is 11.3 Å². The molecule has 0 aliphatic heterocycles. The lowest BCUT2D eigenvalue weighted by atomic mass is 9.89. The highest BCUT2D eigenvalue weighted by molar-refractivity contribution is 7.19. The summed E-state index contributed by atoms with van der Waals surface area (Å²) in [6.07, 6.45) is 5.11. The van der Waals surface area contributed by atoms with Crippen LogP contribution in [0.15, 0.2) is 24.5 Å². The fraction of sp³-hybridized carbons (Fsp3) is 0.368. The van der Waals surface area contributed by atoms with Crippen LogP contribution in [0.25, 0.3) is 10.2 Å². The van der Waals surface area contributed by atoms with Crippen LogP contribution in [0.3, 0.4) is 0 Å². The van der Waals surface area contributed by atoms with Crippen molar-refractivity contribution in [1.29, 1.82) is 0 Å². The van der Waals surface area contributed by atoms with E-state index in [0.717, 1.165) is 35.1 Å². The number of nitrogens with one attached hydrogen (secondary N) is 1. The predicted octanol–water partition coefficient (Wildman–Crippen LogP) is 4.58. The summed E-state index contributed by atoms with van der Waals surface area (Å²) in [5.74, 6) is 3.02. The monoisotopic (exact) mass is 355 g/mol. The Morgan fingerprint density at radius 2 is 2.00 bits per heavy atom. The minimum atomic E-state index is 0.693. The zero-order valence-corrected chi connectivity index (χ0v) is 15.4. The number of anilines is 2. The van der Waals surface area contributed by atoms with Crippen LogP contribution < -0.4 is 14.8 Å². The predicted molar refractivity (Wildman–Crippen MR) is 101 cm³/mol. The molecule has 3 aromatic rings. The Bertz CT molecular complexity index is 922. The third-order valence-corrected chi connectivity index (χ3v) is 5.90. The van der Waals surface area contributed by atoms with Crippen LogP contribution in [0.5, 0.6) is 11.5 Å². The van der Waals surface area contributed by atoms with Gasteiger partial charge in [-0.3, -0.25) is 0 Å². The van der Waals surface area contributed by atoms with Gasteiger partial charge in [0.15, 0.2) is 11.5 Å². The number of fused-ring (bicyclic) bond motifs is 3. The fourth-order valence-electron chi connectivity index (χ4n) is 3.42. The first-order valence-corrected chi connectivity index (χ1v) is 9.25. The lowest BCUT2D eigenvalue weighted by Crippen LogP contribution is -2.09. The van der Waals surface area contributed by atoms with Crippen molar-refractivity contribution in [3.63, 3.8) is 0 Å². The lowest BCUT2D eigenvalue weighted by molar-refractivity contribution is 0.355. The molecule has 2 heterocycles. The van der Waals surface area contributed by atoms with Crippen molar-refractivity contribution in [2.75, 3.05) is 19.5 Å². The van der Waals surface area contributed by atoms with E-state index in [9.17, 15) is 0 Å². The molecule has 0 unspecified atom stereocenters. The highest BCUT2D eigenvalue weighted by Gasteiger charge is 2.23. The molecule has 6 heteroatoms. The van der Waals surface area contributed by atoms with Gasteiger partial charge >= 0.3 is 0 Å². The molecule has 4 rings (SSSR count). The molecular formula is C19H21N3O2S. The average molecular weight is 355 g/mol. The summed E-state index contributed by atoms with van der Waals surface area (Å²) in [4.78, 5) is 11.5. The molecule has 1 atom stereocenters. The zero-order chi connectivity index (χ0) is 17.4. The van der Waals surface area contributed by atoms with E-state index in [1.54, 1.807) is 31.9 Å². The third-order valence-electron chi connectivity index (χ3n) is 4.74. The van der Waals surface area contributed by atoms with E-state index in [2.05, 4.69) is 22.2 Å². The van der Waals surface area contributed by atoms with Gasteiger partial charge in [-0.05, 0) is 42.9 Å². The molecule has 130 valence electrons. The maximum absolute atomic E-state index is 5.39. The van der Waals surface area contributed by atoms with Gasteiger partial charge in [0.2, 0.25) is 0 Å². The highest BCUT2D eigenvalue weighted by atomic mass is 32.1. The highest BCUT2D eigenvalue weighted by Crippen LogP contribution is 2.40. The first kappa shape index (κ1) is 16.1. The van der Waals surface area contributed by atoms with Gasteiger partial charge in [-0.15, -0.1) is 11.3 Å². The number of aromatic nitrogens is 2. The van der Waals surface area contributed by atoms with Crippen LogP contribution in [-0.2, 0) is 12.8 Å². The molecular weight excluding hydrogens is 334 g/mol. The summed E-state index contributed by atoms with van der Waals surface area (Å²) >= 11 is 1.81. The molecule has 0 amide bonds. The Labute approximate surface area is 151 Å². The first-order valence-electron chi connectivity index (χ1n) is 8.44. The van der Waals surface area contributed by atoms with Crippen LogP contribution in [0.1, 0.15) is 23.8 Å². The molecule has 5 nitrogen and oxygen atoms in total. The second-order valence-corrected chi connectivity index (χ2v) is 7.53. The minimum Gasteiger partial charge on any atom is -0.493 e. The normalized spacial score (nSPS) is 16.5. The van der Waals surface area contributed by atoms with Gasteiger partial charge < -0.3 is 14.8 Å². The van der Waals surface area contributed by atoms with Crippen molar-refractivity contribution >= 4 is 33.1 Å². The van der Waals surface area contributed by atoms with Gasteiger partial charge in [0.25, 0.3) is 0 Å². The van der Waals surface area contributed by atoms with Crippen molar-refractivity contribution in [1.82, 2.24) is 9.97 Å². The molecule has 0 spiro atoms. The summed E-state index contributed by atoms with van der Waals surface area (Å²) in [6, 6.07) is 5.79. The molecule has 0 saturated heterocycles. The lowest BCUT2D eigenvalue weighted by Gasteiger charge is -2.18. The number of thiophene rings is 1. The van der Waals surface area contributed by atoms with Crippen LogP contribution in [0.2, 0.25) is 0 Å². The average Bonchev–Trinajstić information content (AvgIpc) is 2.99. The molecule has 0 fully saturated rings. The molecule has 2 aromatic heterocycles. The minimum absolute atomic E-state index is 0.693. The summed E-state index contributed by atoms with van der Waals surface area (Å²) in [6.45, 7) is 2.32. The molecule has 1 aliphatic carbocycles. The number of hydrogen-bond donors (Lipinski definition) is 1. The second kappa shape index (κ2) is 6.52. The second-order valence-electron chi connectivity index (χ2n) is 6.45. The van der Waals surface area contributed by atoms with Gasteiger partial charge in [-0.2, -0.15) is 0 Å². The van der Waals surface area contributed by atoms with E-state index >= 15 is 0 Å². The van der Waals surface area contributed by atoms with Crippen molar-refractivity contribution in [2.24, 2.45) is 5.92 Å². The summed E-state index contributed by atoms with van der Waals surface area (Å²) in [5.41, 5.74) is 2.34. The Morgan fingerprint density at radius 1 is 1.16 bits per heavy atom. The number of rotatable bonds is 4. The van der Waals surface area contributed by atoms with Crippen LogP contribution in [0, 0.1) is 5.92 Å². The molecule has 1 N–H and O–H groups in total. The number of methoxy groups -OCH3 is 2. The summed E-state index contributed by atoms with van der Waals surface area (Å²) < 4.78 is 10.7. The van der Waals surface area contributed by atoms with Gasteiger partial charge in [0, 0.05) is 16.6 Å². The molecule has 0 radical (unpaired) electrons. The number of nitrogens with zero attached hydrogens (tertiary/aromatic N) is 2. The largest absolute Gasteiger partial charge is 0.493 e. The first-order chi connectivity index (χ1) is 12.2. The quantitative estimate of drug-likeness (QED) is 0.742. The maximum Gasteiger partial charge on any atom is 0.162 e. The summed E-state index contributed by atoms with van der Waals surface area (Å²) in [5, 5.41) is 4.61. The number of benzene rings is 1. The fourth-order valence-corrected chi connectivity index (χ4v) is 4.77. The zero-order valence-electron chi connectivity index (χ0n) is 14.6. The van der Waals surface area contributed by atoms with Crippen molar-refractivity contribution in [2.45, 2.75) is 26.2 Å². The smallest absolute Gasteiger partial charge is 0.162 e. The molecule has 0 bridgehead atoms. The maximum atomic E-state index is 5.39. The van der Waals surface area contributed by atoms with Crippen molar-refractivity contribution in [3.05, 3.63) is 35.0 Å². The molecule has 0 saturated carbocycles. The Balaban J connectivity index is 1.75. The molecule has 1 aliphatic rings. The van der Waals surface area contributed by atoms with E-state index in [0.29, 0.717) is 11.5 Å². The van der Waals surface area contributed by atoms with E-state index in [1.807, 2.05) is 18.2 Å². The van der Waals surface area contributed by atoms with Gasteiger partial charge in [0.05, 0.1) is 19.6 Å². The number of hydrogen-bond acceptors (Lipinski definition) is 6. The standard InChI is InChI=1S/C19H21N3O2S/c1-11-4-6-13-16(8-11)25-19-17(13)18(20-10-21-19)22-12-5-7-14(23-2)15(9-12)24-3/h5,7,9-11H,4,6,8H2,1-3H3,(H,20,21,22)/t11-/m1/s1. The van der Waals surface area contributed by atoms with Crippen molar-refractivity contribution in [3.8, 4) is 11.5 Å². The molecule has 25 heavy (non-hydrogen) atoms. The number of aryl methyl sites for hydroxylation is 1. The Kier molecular flexibility index (Phi) is 4.21. The van der Waals surface area contributed by atoms with Crippen molar-refractivity contribution < 1.29 is 9.47 Å². The summed E-state index contributed by atoms with van der Waals surface area (Å²) in [7, 11) is 3.28. The van der Waals surface area contributed by atoms with E-state index < -0.39 is 0 Å². The van der Waals surface area contributed by atoms with Gasteiger partial charge in [-0.25, -0.2) is 9.97 Å². The van der Waals surface area contributed by atoms with E-state index in [4.69, 9.17) is 9.47 Å². The Hall–Kier alpha value is -2.34. The topological polar surface area (TPSA) is 56.3 Å².